The number of nitrogens with one attached hydrogen (secondary N) is 1. The van der Waals surface area contributed by atoms with Gasteiger partial charge in [-0.2, -0.15) is 0 Å². The number of nitrogens with two attached hydrogens (primary N) is 1. The largest absolute Gasteiger partial charge is 0.450 e. The van der Waals surface area contributed by atoms with Gasteiger partial charge in [-0.1, -0.05) is 66.0 Å². The van der Waals surface area contributed by atoms with Crippen molar-refractivity contribution in [2.45, 2.75) is 92.8 Å². The minimum absolute atomic E-state index is 0.225. The van der Waals surface area contributed by atoms with Crippen molar-refractivity contribution < 1.29 is 14.1 Å². The van der Waals surface area contributed by atoms with E-state index in [9.17, 15) is 0 Å². The molecular formula is C29H44BFN4O2S. The highest BCUT2D eigenvalue weighted by atomic mass is 32.1. The van der Waals surface area contributed by atoms with E-state index in [1.54, 1.807) is 6.92 Å². The molecule has 0 unspecified atom stereocenters. The number of hydrogen-bond donors (Lipinski definition) is 2. The lowest BCUT2D eigenvalue weighted by Gasteiger charge is -2.17. The van der Waals surface area contributed by atoms with Crippen molar-refractivity contribution in [3.63, 3.8) is 0 Å². The van der Waals surface area contributed by atoms with E-state index in [-0.39, 0.29) is 11.2 Å². The van der Waals surface area contributed by atoms with Crippen molar-refractivity contribution in [1.82, 2.24) is 4.98 Å². The Hall–Kier alpha value is -2.49. The zero-order valence-electron chi connectivity index (χ0n) is 24.5. The van der Waals surface area contributed by atoms with Crippen LogP contribution in [0, 0.1) is 5.82 Å². The molecule has 0 saturated carbocycles. The van der Waals surface area contributed by atoms with E-state index in [0.717, 1.165) is 41.1 Å². The fraction of sp³-hybridized carbons (Fsp3) is 0.517. The number of aromatic nitrogens is 1. The Morgan fingerprint density at radius 3 is 2.47 bits per heavy atom. The summed E-state index contributed by atoms with van der Waals surface area (Å²) in [5, 5.41) is 4.11. The van der Waals surface area contributed by atoms with Crippen molar-refractivity contribution >= 4 is 35.6 Å². The Kier molecular flexibility index (Phi) is 12.2. The van der Waals surface area contributed by atoms with Crippen molar-refractivity contribution in [3.05, 3.63) is 51.1 Å². The van der Waals surface area contributed by atoms with Gasteiger partial charge in [0, 0.05) is 11.0 Å². The van der Waals surface area contributed by atoms with Crippen molar-refractivity contribution in [2.75, 3.05) is 12.3 Å². The molecule has 0 bridgehead atoms. The highest BCUT2D eigenvalue weighted by molar-refractivity contribution is 7.13. The maximum absolute atomic E-state index is 16.3. The first-order valence-corrected chi connectivity index (χ1v) is 14.2. The molecule has 0 spiro atoms. The summed E-state index contributed by atoms with van der Waals surface area (Å²) in [6, 6.07) is 3.72. The first-order valence-electron chi connectivity index (χ1n) is 13.4. The van der Waals surface area contributed by atoms with Crippen molar-refractivity contribution in [1.29, 1.82) is 0 Å². The lowest BCUT2D eigenvalue weighted by Crippen LogP contribution is -2.29. The number of amidine groups is 1. The number of allylic oxidation sites excluding steroid dienone is 3. The molecule has 0 amide bonds. The van der Waals surface area contributed by atoms with Gasteiger partial charge < -0.3 is 11.0 Å². The van der Waals surface area contributed by atoms with Gasteiger partial charge in [-0.25, -0.2) is 14.4 Å². The first-order chi connectivity index (χ1) is 17.9. The molecule has 1 heterocycles. The minimum Gasteiger partial charge on any atom is -0.399 e. The van der Waals surface area contributed by atoms with Gasteiger partial charge in [-0.3, -0.25) is 9.69 Å². The molecule has 3 N–H and O–H groups in total. The third-order valence-electron chi connectivity index (χ3n) is 6.03. The van der Waals surface area contributed by atoms with Gasteiger partial charge in [0.25, 0.3) is 0 Å². The van der Waals surface area contributed by atoms with Crippen LogP contribution in [0.25, 0.3) is 17.0 Å². The fourth-order valence-electron chi connectivity index (χ4n) is 3.68. The SMILES string of the molecule is CCCCB(Nc1cc(CC)cc(-c2nc(C(C)(C)C)sc2/C(=C/C=C(C)CC)N=C(C)N)c1F)OOC. The van der Waals surface area contributed by atoms with Crippen LogP contribution in [0.1, 0.15) is 90.1 Å². The second-order valence-electron chi connectivity index (χ2n) is 10.5. The van der Waals surface area contributed by atoms with Gasteiger partial charge >= 0.3 is 7.05 Å². The second-order valence-corrected chi connectivity index (χ2v) is 11.5. The fourth-order valence-corrected chi connectivity index (χ4v) is 4.79. The molecule has 1 aromatic carbocycles. The van der Waals surface area contributed by atoms with E-state index >= 15 is 4.39 Å². The van der Waals surface area contributed by atoms with Gasteiger partial charge in [0.15, 0.2) is 5.82 Å². The van der Waals surface area contributed by atoms with Crippen LogP contribution in [0.3, 0.4) is 0 Å². The molecule has 2 rings (SSSR count). The second kappa shape index (κ2) is 14.6. The highest BCUT2D eigenvalue weighted by Gasteiger charge is 2.28. The summed E-state index contributed by atoms with van der Waals surface area (Å²) in [4.78, 5) is 20.8. The summed E-state index contributed by atoms with van der Waals surface area (Å²) in [6.07, 6.45) is 8.24. The third-order valence-corrected chi connectivity index (χ3v) is 7.53. The summed E-state index contributed by atoms with van der Waals surface area (Å²) >= 11 is 1.53. The summed E-state index contributed by atoms with van der Waals surface area (Å²) in [5.41, 5.74) is 10.0. The predicted octanol–water partition coefficient (Wildman–Crippen LogP) is 8.16. The van der Waals surface area contributed by atoms with Gasteiger partial charge in [-0.05, 0) is 56.8 Å². The molecule has 0 aliphatic heterocycles. The van der Waals surface area contributed by atoms with Crippen LogP contribution in [0.2, 0.25) is 6.32 Å². The number of thiazole rings is 1. The van der Waals surface area contributed by atoms with E-state index in [0.29, 0.717) is 34.8 Å². The number of unbranched alkanes of at least 4 members (excludes halogenated alkanes) is 1. The molecule has 0 saturated heterocycles. The average molecular weight is 543 g/mol. The molecule has 0 radical (unpaired) electrons. The molecule has 0 aliphatic carbocycles. The lowest BCUT2D eigenvalue weighted by molar-refractivity contribution is -0.184. The minimum atomic E-state index is -0.475. The van der Waals surface area contributed by atoms with Crippen molar-refractivity contribution in [2.24, 2.45) is 10.7 Å². The highest BCUT2D eigenvalue weighted by Crippen LogP contribution is 2.41. The summed E-state index contributed by atoms with van der Waals surface area (Å²) in [6.45, 7) is 16.4. The smallest absolute Gasteiger partial charge is 0.399 e. The van der Waals surface area contributed by atoms with E-state index in [1.807, 2.05) is 24.3 Å². The molecule has 6 nitrogen and oxygen atoms in total. The van der Waals surface area contributed by atoms with Gasteiger partial charge in [0.05, 0.1) is 39.9 Å². The number of halogens is 1. The monoisotopic (exact) mass is 542 g/mol. The summed E-state index contributed by atoms with van der Waals surface area (Å²) in [5.74, 6) is 0.0413. The van der Waals surface area contributed by atoms with Crippen molar-refractivity contribution in [3.8, 4) is 11.3 Å². The Morgan fingerprint density at radius 1 is 1.21 bits per heavy atom. The number of aliphatic imine (C=N–C) groups is 1. The first kappa shape index (κ1) is 31.7. The molecule has 1 aromatic heterocycles. The van der Waals surface area contributed by atoms with Gasteiger partial charge in [0.1, 0.15) is 0 Å². The third kappa shape index (κ3) is 8.78. The number of aryl methyl sites for hydroxylation is 1. The predicted molar refractivity (Wildman–Crippen MR) is 162 cm³/mol. The molecule has 2 aromatic rings. The van der Waals surface area contributed by atoms with Crippen LogP contribution in [0.5, 0.6) is 0 Å². The lowest BCUT2D eigenvalue weighted by atomic mass is 9.76. The Morgan fingerprint density at radius 2 is 1.92 bits per heavy atom. The number of benzene rings is 1. The van der Waals surface area contributed by atoms with Gasteiger partial charge in [0.2, 0.25) is 0 Å². The quantitative estimate of drug-likeness (QED) is 0.0666. The van der Waals surface area contributed by atoms with E-state index < -0.39 is 7.05 Å². The standard InChI is InChI=1S/C29H44BFN4O2S/c1-10-13-16-30(37-36-9)35-24-18-21(12-3)17-22(25(24)31)26-27(38-28(34-26)29(6,7)8)23(33-20(5)32)15-14-19(4)11-2/h14-15,17-18,35H,10-13,16H2,1-9H3,(H2,32,33)/b19-14?,23-15-. The van der Waals surface area contributed by atoms with Crippen LogP contribution in [-0.2, 0) is 21.5 Å². The zero-order valence-corrected chi connectivity index (χ0v) is 25.3. The molecular weight excluding hydrogens is 498 g/mol. The molecule has 0 fully saturated rings. The Bertz CT molecular complexity index is 1160. The molecule has 9 heteroatoms. The summed E-state index contributed by atoms with van der Waals surface area (Å²) in [7, 11) is 0.986. The maximum Gasteiger partial charge on any atom is 0.450 e. The van der Waals surface area contributed by atoms with E-state index in [4.69, 9.17) is 20.4 Å². The van der Waals surface area contributed by atoms with Crippen LogP contribution >= 0.6 is 11.3 Å². The average Bonchev–Trinajstić information content (AvgIpc) is 3.31. The molecule has 0 atom stereocenters. The Balaban J connectivity index is 2.81. The Labute approximate surface area is 232 Å². The maximum atomic E-state index is 16.3. The topological polar surface area (TPSA) is 81.8 Å². The van der Waals surface area contributed by atoms with E-state index in [1.165, 1.54) is 24.0 Å². The zero-order chi connectivity index (χ0) is 28.5. The molecule has 208 valence electrons. The summed E-state index contributed by atoms with van der Waals surface area (Å²) < 4.78 is 16.3. The number of nitrogens with zero attached hydrogens (tertiary/aromatic N) is 2. The normalized spacial score (nSPS) is 13.3. The van der Waals surface area contributed by atoms with E-state index in [2.05, 4.69) is 58.7 Å². The number of hydrogen-bond acceptors (Lipinski definition) is 6. The number of rotatable bonds is 13. The van der Waals surface area contributed by atoms with Crippen LogP contribution in [0.15, 0.2) is 34.9 Å². The van der Waals surface area contributed by atoms with Crippen LogP contribution in [-0.4, -0.2) is 25.0 Å². The van der Waals surface area contributed by atoms with Crippen LogP contribution < -0.4 is 11.0 Å². The van der Waals surface area contributed by atoms with Gasteiger partial charge in [-0.15, -0.1) is 11.3 Å². The molecule has 38 heavy (non-hydrogen) atoms. The molecule has 0 aliphatic rings. The number of anilines is 1. The van der Waals surface area contributed by atoms with Crippen LogP contribution in [0.4, 0.5) is 10.1 Å².